The van der Waals surface area contributed by atoms with Crippen molar-refractivity contribution in [3.8, 4) is 0 Å². The van der Waals surface area contributed by atoms with Crippen LogP contribution in [0.4, 0.5) is 10.1 Å². The SMILES string of the molecule is CN(CCCC(C)(NC1CC1)C(=O)O)c1ccc(F)cc1. The van der Waals surface area contributed by atoms with Crippen LogP contribution in [0.5, 0.6) is 0 Å². The van der Waals surface area contributed by atoms with Crippen molar-refractivity contribution < 1.29 is 14.3 Å². The predicted molar refractivity (Wildman–Crippen MR) is 81.1 cm³/mol. The molecule has 0 aromatic heterocycles. The molecule has 2 N–H and O–H groups in total. The number of anilines is 1. The van der Waals surface area contributed by atoms with Crippen LogP contribution < -0.4 is 10.2 Å². The monoisotopic (exact) mass is 294 g/mol. The second-order valence-corrected chi connectivity index (χ2v) is 6.06. The number of hydrogen-bond donors (Lipinski definition) is 2. The lowest BCUT2D eigenvalue weighted by molar-refractivity contribution is -0.144. The number of halogens is 1. The molecule has 1 saturated carbocycles. The number of hydrogen-bond acceptors (Lipinski definition) is 3. The number of rotatable bonds is 8. The summed E-state index contributed by atoms with van der Waals surface area (Å²) in [5, 5.41) is 12.6. The smallest absolute Gasteiger partial charge is 0.323 e. The van der Waals surface area contributed by atoms with Crippen molar-refractivity contribution in [1.82, 2.24) is 5.32 Å². The highest BCUT2D eigenvalue weighted by molar-refractivity contribution is 5.78. The van der Waals surface area contributed by atoms with Gasteiger partial charge in [0.15, 0.2) is 0 Å². The van der Waals surface area contributed by atoms with E-state index in [0.29, 0.717) is 12.5 Å². The van der Waals surface area contributed by atoms with E-state index in [1.54, 1.807) is 19.1 Å². The van der Waals surface area contributed by atoms with Crippen LogP contribution in [0.3, 0.4) is 0 Å². The number of nitrogens with one attached hydrogen (secondary N) is 1. The number of benzene rings is 1. The van der Waals surface area contributed by atoms with Crippen LogP contribution in [0.15, 0.2) is 24.3 Å². The molecule has 0 bridgehead atoms. The maximum absolute atomic E-state index is 12.9. The summed E-state index contributed by atoms with van der Waals surface area (Å²) in [6.45, 7) is 2.49. The summed E-state index contributed by atoms with van der Waals surface area (Å²) >= 11 is 0. The van der Waals surface area contributed by atoms with Gasteiger partial charge >= 0.3 is 5.97 Å². The molecular weight excluding hydrogens is 271 g/mol. The van der Waals surface area contributed by atoms with E-state index in [1.165, 1.54) is 12.1 Å². The second-order valence-electron chi connectivity index (χ2n) is 6.06. The van der Waals surface area contributed by atoms with Crippen molar-refractivity contribution in [2.75, 3.05) is 18.5 Å². The molecule has 0 heterocycles. The molecule has 1 aliphatic carbocycles. The van der Waals surface area contributed by atoms with Crippen LogP contribution in [0.25, 0.3) is 0 Å². The van der Waals surface area contributed by atoms with Crippen LogP contribution in [0, 0.1) is 5.82 Å². The highest BCUT2D eigenvalue weighted by atomic mass is 19.1. The molecule has 1 aromatic carbocycles. The average Bonchev–Trinajstić information content (AvgIpc) is 3.23. The molecule has 0 amide bonds. The largest absolute Gasteiger partial charge is 0.480 e. The summed E-state index contributed by atoms with van der Waals surface area (Å²) in [5.74, 6) is -1.04. The fraction of sp³-hybridized carbons (Fsp3) is 0.562. The van der Waals surface area contributed by atoms with E-state index < -0.39 is 11.5 Å². The third-order valence-electron chi connectivity index (χ3n) is 4.01. The van der Waals surface area contributed by atoms with E-state index in [9.17, 15) is 14.3 Å². The van der Waals surface area contributed by atoms with E-state index in [-0.39, 0.29) is 5.82 Å². The van der Waals surface area contributed by atoms with Gasteiger partial charge in [0.2, 0.25) is 0 Å². The minimum Gasteiger partial charge on any atom is -0.480 e. The Morgan fingerprint density at radius 2 is 2.05 bits per heavy atom. The predicted octanol–water partition coefficient (Wildman–Crippen LogP) is 2.64. The fourth-order valence-electron chi connectivity index (χ4n) is 2.41. The molecule has 5 heteroatoms. The molecule has 0 aliphatic heterocycles. The molecule has 1 unspecified atom stereocenters. The van der Waals surface area contributed by atoms with Crippen LogP contribution >= 0.6 is 0 Å². The fourth-order valence-corrected chi connectivity index (χ4v) is 2.41. The normalized spacial score (nSPS) is 17.3. The lowest BCUT2D eigenvalue weighted by atomic mass is 9.95. The quantitative estimate of drug-likeness (QED) is 0.774. The Bertz CT molecular complexity index is 488. The summed E-state index contributed by atoms with van der Waals surface area (Å²) in [7, 11) is 1.93. The van der Waals surface area contributed by atoms with Gasteiger partial charge in [0, 0.05) is 25.3 Å². The first kappa shape index (κ1) is 15.8. The zero-order valence-corrected chi connectivity index (χ0v) is 12.6. The highest BCUT2D eigenvalue weighted by Gasteiger charge is 2.37. The number of nitrogens with zero attached hydrogens (tertiary/aromatic N) is 1. The number of carboxylic acids is 1. The van der Waals surface area contributed by atoms with Crippen LogP contribution in [-0.2, 0) is 4.79 Å². The highest BCUT2D eigenvalue weighted by Crippen LogP contribution is 2.25. The third kappa shape index (κ3) is 4.43. The van der Waals surface area contributed by atoms with Crippen molar-refractivity contribution in [3.63, 3.8) is 0 Å². The topological polar surface area (TPSA) is 52.6 Å². The van der Waals surface area contributed by atoms with E-state index in [2.05, 4.69) is 5.32 Å². The summed E-state index contributed by atoms with van der Waals surface area (Å²) in [5.41, 5.74) is 0.0775. The van der Waals surface area contributed by atoms with Gasteiger partial charge in [-0.3, -0.25) is 10.1 Å². The summed E-state index contributed by atoms with van der Waals surface area (Å²) in [6, 6.07) is 6.69. The summed E-state index contributed by atoms with van der Waals surface area (Å²) < 4.78 is 12.9. The van der Waals surface area contributed by atoms with E-state index >= 15 is 0 Å². The molecule has 4 nitrogen and oxygen atoms in total. The number of carbonyl (C=O) groups is 1. The molecule has 1 atom stereocenters. The Labute approximate surface area is 125 Å². The van der Waals surface area contributed by atoms with Crippen molar-refractivity contribution in [2.45, 2.75) is 44.2 Å². The van der Waals surface area contributed by atoms with E-state index in [0.717, 1.165) is 31.5 Å². The van der Waals surface area contributed by atoms with Crippen LogP contribution in [-0.4, -0.2) is 36.2 Å². The van der Waals surface area contributed by atoms with Crippen molar-refractivity contribution in [2.24, 2.45) is 0 Å². The average molecular weight is 294 g/mol. The molecule has 0 saturated heterocycles. The van der Waals surface area contributed by atoms with E-state index in [1.807, 2.05) is 11.9 Å². The molecule has 0 spiro atoms. The Kier molecular flexibility index (Phi) is 4.83. The van der Waals surface area contributed by atoms with Gasteiger partial charge in [0.25, 0.3) is 0 Å². The van der Waals surface area contributed by atoms with Crippen molar-refractivity contribution in [1.29, 1.82) is 0 Å². The first-order chi connectivity index (χ1) is 9.90. The lowest BCUT2D eigenvalue weighted by Crippen LogP contribution is -2.50. The van der Waals surface area contributed by atoms with Gasteiger partial charge in [0.1, 0.15) is 11.4 Å². The van der Waals surface area contributed by atoms with Gasteiger partial charge in [-0.25, -0.2) is 4.39 Å². The molecule has 1 fully saturated rings. The zero-order chi connectivity index (χ0) is 15.5. The number of aliphatic carboxylic acids is 1. The van der Waals surface area contributed by atoms with Crippen molar-refractivity contribution in [3.05, 3.63) is 30.1 Å². The Hall–Kier alpha value is -1.62. The minimum atomic E-state index is -0.856. The van der Waals surface area contributed by atoms with E-state index in [4.69, 9.17) is 0 Å². The standard InChI is InChI=1S/C16H23FN2O2/c1-16(15(20)21,18-13-6-7-13)10-3-11-19(2)14-8-4-12(17)5-9-14/h4-5,8-9,13,18H,3,6-7,10-11H2,1-2H3,(H,20,21). The summed E-state index contributed by atoms with van der Waals surface area (Å²) in [4.78, 5) is 13.5. The Morgan fingerprint density at radius 3 is 2.57 bits per heavy atom. The van der Waals surface area contributed by atoms with Gasteiger partial charge in [-0.2, -0.15) is 0 Å². The molecule has 2 rings (SSSR count). The summed E-state index contributed by atoms with van der Waals surface area (Å²) in [6.07, 6.45) is 3.47. The van der Waals surface area contributed by atoms with Gasteiger partial charge in [-0.05, 0) is 56.9 Å². The minimum absolute atomic E-state index is 0.251. The first-order valence-electron chi connectivity index (χ1n) is 7.38. The number of carboxylic acid groups (broad SMARTS) is 1. The Morgan fingerprint density at radius 1 is 1.43 bits per heavy atom. The van der Waals surface area contributed by atoms with Gasteiger partial charge < -0.3 is 10.0 Å². The molecule has 1 aromatic rings. The maximum atomic E-state index is 12.9. The Balaban J connectivity index is 1.83. The van der Waals surface area contributed by atoms with Gasteiger partial charge in [0.05, 0.1) is 0 Å². The van der Waals surface area contributed by atoms with Gasteiger partial charge in [-0.15, -0.1) is 0 Å². The van der Waals surface area contributed by atoms with Crippen LogP contribution in [0.2, 0.25) is 0 Å². The second kappa shape index (κ2) is 6.43. The molecule has 116 valence electrons. The third-order valence-corrected chi connectivity index (χ3v) is 4.01. The molecular formula is C16H23FN2O2. The molecule has 0 radical (unpaired) electrons. The van der Waals surface area contributed by atoms with Gasteiger partial charge in [-0.1, -0.05) is 0 Å². The molecule has 21 heavy (non-hydrogen) atoms. The van der Waals surface area contributed by atoms with Crippen LogP contribution in [0.1, 0.15) is 32.6 Å². The first-order valence-corrected chi connectivity index (χ1v) is 7.38. The van der Waals surface area contributed by atoms with Crippen molar-refractivity contribution >= 4 is 11.7 Å². The lowest BCUT2D eigenvalue weighted by Gasteiger charge is -2.28. The molecule has 1 aliphatic rings. The zero-order valence-electron chi connectivity index (χ0n) is 12.6. The maximum Gasteiger partial charge on any atom is 0.323 e.